The molecule has 1 unspecified atom stereocenters. The molecule has 0 fully saturated rings. The molecule has 118 valence electrons. The number of aromatic nitrogens is 2. The Bertz CT molecular complexity index is 650. The predicted octanol–water partition coefficient (Wildman–Crippen LogP) is 2.26. The average molecular weight is 312 g/mol. The zero-order valence-corrected chi connectivity index (χ0v) is 11.8. The van der Waals surface area contributed by atoms with Crippen LogP contribution in [0.25, 0.3) is 0 Å². The standard InChI is InChI=1S/C14H15F3N4O/c1-13(18,10-5-3-2-4-6-10)12(22)20-11-7-19-21(8-11)9-14(15,16)17/h2-8H,9,18H2,1H3,(H,20,22). The molecule has 1 atom stereocenters. The van der Waals surface area contributed by atoms with Crippen molar-refractivity contribution in [2.24, 2.45) is 5.73 Å². The maximum absolute atomic E-state index is 12.3. The van der Waals surface area contributed by atoms with Gasteiger partial charge in [-0.25, -0.2) is 0 Å². The van der Waals surface area contributed by atoms with Crippen molar-refractivity contribution in [3.63, 3.8) is 0 Å². The zero-order valence-electron chi connectivity index (χ0n) is 11.8. The van der Waals surface area contributed by atoms with Crippen molar-refractivity contribution in [2.75, 3.05) is 5.32 Å². The number of nitrogens with two attached hydrogens (primary N) is 1. The Morgan fingerprint density at radius 1 is 1.32 bits per heavy atom. The van der Waals surface area contributed by atoms with E-state index in [0.29, 0.717) is 10.2 Å². The Labute approximate surface area is 124 Å². The first-order chi connectivity index (χ1) is 10.2. The normalized spacial score (nSPS) is 14.4. The van der Waals surface area contributed by atoms with Crippen LogP contribution >= 0.6 is 0 Å². The minimum Gasteiger partial charge on any atom is -0.322 e. The summed E-state index contributed by atoms with van der Waals surface area (Å²) in [6.07, 6.45) is -2.13. The number of amides is 1. The van der Waals surface area contributed by atoms with Crippen molar-refractivity contribution in [3.05, 3.63) is 48.3 Å². The minimum absolute atomic E-state index is 0.154. The van der Waals surface area contributed by atoms with Crippen LogP contribution in [-0.2, 0) is 16.9 Å². The fourth-order valence-electron chi connectivity index (χ4n) is 1.87. The number of carbonyl (C=O) groups excluding carboxylic acids is 1. The molecule has 0 aliphatic heterocycles. The molecule has 2 aromatic rings. The van der Waals surface area contributed by atoms with Crippen LogP contribution in [0.2, 0.25) is 0 Å². The van der Waals surface area contributed by atoms with Gasteiger partial charge in [-0.3, -0.25) is 9.48 Å². The Kier molecular flexibility index (Phi) is 4.23. The molecule has 0 spiro atoms. The van der Waals surface area contributed by atoms with E-state index >= 15 is 0 Å². The lowest BCUT2D eigenvalue weighted by Crippen LogP contribution is -2.45. The second-order valence-corrected chi connectivity index (χ2v) is 5.06. The summed E-state index contributed by atoms with van der Waals surface area (Å²) in [5.41, 5.74) is 5.45. The quantitative estimate of drug-likeness (QED) is 0.909. The SMILES string of the molecule is CC(N)(C(=O)Nc1cnn(CC(F)(F)F)c1)c1ccccc1. The summed E-state index contributed by atoms with van der Waals surface area (Å²) in [5, 5.41) is 6.02. The molecule has 1 amide bonds. The van der Waals surface area contributed by atoms with Crippen LogP contribution in [0.1, 0.15) is 12.5 Å². The van der Waals surface area contributed by atoms with Gasteiger partial charge in [0.15, 0.2) is 0 Å². The van der Waals surface area contributed by atoms with E-state index in [9.17, 15) is 18.0 Å². The van der Waals surface area contributed by atoms with Gasteiger partial charge in [0, 0.05) is 6.20 Å². The van der Waals surface area contributed by atoms with E-state index in [1.54, 1.807) is 30.3 Å². The van der Waals surface area contributed by atoms with Gasteiger partial charge >= 0.3 is 6.18 Å². The molecule has 0 aliphatic rings. The third-order valence-electron chi connectivity index (χ3n) is 3.08. The maximum Gasteiger partial charge on any atom is 0.408 e. The lowest BCUT2D eigenvalue weighted by atomic mass is 9.92. The van der Waals surface area contributed by atoms with Gasteiger partial charge < -0.3 is 11.1 Å². The lowest BCUT2D eigenvalue weighted by Gasteiger charge is -2.23. The number of nitrogens with one attached hydrogen (secondary N) is 1. The van der Waals surface area contributed by atoms with E-state index in [1.807, 2.05) is 0 Å². The molecule has 0 saturated carbocycles. The van der Waals surface area contributed by atoms with Gasteiger partial charge in [-0.1, -0.05) is 30.3 Å². The smallest absolute Gasteiger partial charge is 0.322 e. The summed E-state index contributed by atoms with van der Waals surface area (Å²) in [7, 11) is 0. The zero-order chi connectivity index (χ0) is 16.4. The van der Waals surface area contributed by atoms with E-state index in [2.05, 4.69) is 10.4 Å². The molecule has 22 heavy (non-hydrogen) atoms. The van der Waals surface area contributed by atoms with Crippen LogP contribution in [-0.4, -0.2) is 21.9 Å². The van der Waals surface area contributed by atoms with Crippen LogP contribution in [0.15, 0.2) is 42.7 Å². The molecule has 1 aromatic heterocycles. The summed E-state index contributed by atoms with van der Waals surface area (Å²) >= 11 is 0. The van der Waals surface area contributed by atoms with Gasteiger partial charge in [0.25, 0.3) is 0 Å². The van der Waals surface area contributed by atoms with E-state index < -0.39 is 24.2 Å². The second kappa shape index (κ2) is 5.80. The minimum atomic E-state index is -4.38. The highest BCUT2D eigenvalue weighted by Gasteiger charge is 2.31. The summed E-state index contributed by atoms with van der Waals surface area (Å²) in [6, 6.07) is 8.68. The molecule has 1 aromatic carbocycles. The average Bonchev–Trinajstić information content (AvgIpc) is 2.84. The molecule has 0 bridgehead atoms. The summed E-state index contributed by atoms with van der Waals surface area (Å²) in [4.78, 5) is 12.2. The third kappa shape index (κ3) is 3.85. The number of carbonyl (C=O) groups is 1. The van der Waals surface area contributed by atoms with Crippen LogP contribution in [0.4, 0.5) is 18.9 Å². The fraction of sp³-hybridized carbons (Fsp3) is 0.286. The van der Waals surface area contributed by atoms with Gasteiger partial charge in [-0.2, -0.15) is 18.3 Å². The molecule has 0 radical (unpaired) electrons. The van der Waals surface area contributed by atoms with Gasteiger partial charge in [-0.05, 0) is 12.5 Å². The molecule has 1 heterocycles. The van der Waals surface area contributed by atoms with Crippen molar-refractivity contribution >= 4 is 11.6 Å². The number of rotatable bonds is 4. The van der Waals surface area contributed by atoms with Crippen molar-refractivity contribution < 1.29 is 18.0 Å². The van der Waals surface area contributed by atoms with Crippen molar-refractivity contribution in [1.29, 1.82) is 0 Å². The highest BCUT2D eigenvalue weighted by molar-refractivity contribution is 5.98. The van der Waals surface area contributed by atoms with E-state index in [0.717, 1.165) is 12.4 Å². The number of alkyl halides is 3. The van der Waals surface area contributed by atoms with Crippen LogP contribution in [0, 0.1) is 0 Å². The number of anilines is 1. The molecule has 2 rings (SSSR count). The van der Waals surface area contributed by atoms with Crippen LogP contribution in [0.3, 0.4) is 0 Å². The highest BCUT2D eigenvalue weighted by atomic mass is 19.4. The lowest BCUT2D eigenvalue weighted by molar-refractivity contribution is -0.142. The van der Waals surface area contributed by atoms with E-state index in [4.69, 9.17) is 5.73 Å². The fourth-order valence-corrected chi connectivity index (χ4v) is 1.87. The number of hydrogen-bond donors (Lipinski definition) is 2. The first kappa shape index (κ1) is 16.0. The molecule has 5 nitrogen and oxygen atoms in total. The Hall–Kier alpha value is -2.35. The van der Waals surface area contributed by atoms with E-state index in [1.165, 1.54) is 6.92 Å². The van der Waals surface area contributed by atoms with Crippen molar-refractivity contribution in [3.8, 4) is 0 Å². The monoisotopic (exact) mass is 312 g/mol. The van der Waals surface area contributed by atoms with Gasteiger partial charge in [-0.15, -0.1) is 0 Å². The molecule has 3 N–H and O–H groups in total. The number of halogens is 3. The largest absolute Gasteiger partial charge is 0.408 e. The van der Waals surface area contributed by atoms with Gasteiger partial charge in [0.1, 0.15) is 12.1 Å². The first-order valence-corrected chi connectivity index (χ1v) is 6.43. The van der Waals surface area contributed by atoms with Gasteiger partial charge in [0.2, 0.25) is 5.91 Å². The Morgan fingerprint density at radius 3 is 2.55 bits per heavy atom. The maximum atomic E-state index is 12.3. The summed E-state index contributed by atoms with van der Waals surface area (Å²) in [5.74, 6) is -0.537. The predicted molar refractivity (Wildman–Crippen MR) is 74.9 cm³/mol. The first-order valence-electron chi connectivity index (χ1n) is 6.43. The van der Waals surface area contributed by atoms with Crippen LogP contribution in [0.5, 0.6) is 0 Å². The van der Waals surface area contributed by atoms with Crippen molar-refractivity contribution in [1.82, 2.24) is 9.78 Å². The molecule has 0 saturated heterocycles. The second-order valence-electron chi connectivity index (χ2n) is 5.06. The van der Waals surface area contributed by atoms with Crippen molar-refractivity contribution in [2.45, 2.75) is 25.2 Å². The summed E-state index contributed by atoms with van der Waals surface area (Å²) < 4.78 is 37.5. The van der Waals surface area contributed by atoms with Crippen LogP contribution < -0.4 is 11.1 Å². The molecule has 8 heteroatoms. The number of benzene rings is 1. The molecule has 0 aliphatic carbocycles. The number of nitrogens with zero attached hydrogens (tertiary/aromatic N) is 2. The highest BCUT2D eigenvalue weighted by Crippen LogP contribution is 2.21. The topological polar surface area (TPSA) is 72.9 Å². The van der Waals surface area contributed by atoms with E-state index in [-0.39, 0.29) is 5.69 Å². The Balaban J connectivity index is 2.09. The van der Waals surface area contributed by atoms with Gasteiger partial charge in [0.05, 0.1) is 11.9 Å². The molecular weight excluding hydrogens is 297 g/mol. The third-order valence-corrected chi connectivity index (χ3v) is 3.08. The Morgan fingerprint density at radius 2 is 1.95 bits per heavy atom. The number of hydrogen-bond acceptors (Lipinski definition) is 3. The summed E-state index contributed by atoms with van der Waals surface area (Å²) in [6.45, 7) is 0.305. The molecular formula is C14H15F3N4O.